The predicted octanol–water partition coefficient (Wildman–Crippen LogP) is 33.1. The lowest BCUT2D eigenvalue weighted by Crippen LogP contribution is -2.43. The number of rotatable bonds is 58. The maximum atomic E-state index is 16.9. The van der Waals surface area contributed by atoms with Crippen molar-refractivity contribution in [2.75, 3.05) is 26.2 Å². The van der Waals surface area contributed by atoms with Crippen molar-refractivity contribution < 1.29 is 33.9 Å². The molecule has 16 rings (SSSR count). The zero-order valence-corrected chi connectivity index (χ0v) is 82.4. The molecule has 5 heterocycles. The summed E-state index contributed by atoms with van der Waals surface area (Å²) in [7, 11) is 0. The van der Waals surface area contributed by atoms with Gasteiger partial charge in [-0.15, -0.1) is 0 Å². The maximum absolute atomic E-state index is 16.9. The van der Waals surface area contributed by atoms with Crippen LogP contribution in [-0.2, 0) is 6.54 Å². The van der Waals surface area contributed by atoms with Crippen molar-refractivity contribution in [2.24, 2.45) is 23.7 Å². The van der Waals surface area contributed by atoms with E-state index in [2.05, 4.69) is 121 Å². The molecule has 4 aliphatic heterocycles. The minimum Gasteiger partial charge on any atom is -0.374 e. The summed E-state index contributed by atoms with van der Waals surface area (Å²) < 4.78 is 10.7. The fraction of sp³-hybridized carbons (Fsp3) is 0.559. The van der Waals surface area contributed by atoms with Gasteiger partial charge in [-0.25, -0.2) is 0 Å². The van der Waals surface area contributed by atoms with Gasteiger partial charge in [-0.05, 0) is 198 Å². The lowest BCUT2D eigenvalue weighted by molar-refractivity contribution is -0.0186. The van der Waals surface area contributed by atoms with E-state index in [0.29, 0.717) is 115 Å². The Morgan fingerprint density at radius 1 is 0.273 bits per heavy atom. The van der Waals surface area contributed by atoms with Crippen molar-refractivity contribution in [3.8, 4) is 22.3 Å². The van der Waals surface area contributed by atoms with Crippen molar-refractivity contribution in [1.82, 2.24) is 28.3 Å². The molecule has 0 aliphatic carbocycles. The second kappa shape index (κ2) is 45.7. The Balaban J connectivity index is 0.866. The monoisotopic (exact) mass is 1800 g/mol. The Morgan fingerprint density at radius 3 is 0.871 bits per heavy atom. The molecule has 0 saturated carbocycles. The number of imide groups is 3. The highest BCUT2D eigenvalue weighted by Crippen LogP contribution is 2.55. The highest BCUT2D eigenvalue weighted by atomic mass is 32.1. The van der Waals surface area contributed by atoms with Crippen LogP contribution in [0.25, 0.3) is 119 Å². The minimum atomic E-state index is -0.811. The third-order valence-electron chi connectivity index (χ3n) is 31.5. The van der Waals surface area contributed by atoms with Crippen molar-refractivity contribution in [3.05, 3.63) is 142 Å². The number of nitrogens with zero attached hydrogens (tertiary/aromatic N) is 6. The van der Waals surface area contributed by atoms with Gasteiger partial charge < -0.3 is 5.11 Å². The molecular formula is C118H152N6O7S. The predicted molar refractivity (Wildman–Crippen MR) is 553 cm³/mol. The molecule has 132 heavy (non-hydrogen) atoms. The van der Waals surface area contributed by atoms with E-state index in [1.54, 1.807) is 14.7 Å². The standard InChI is InChI=1S/C118H152N6O7S/c1-9-17-25-33-37-45-50-78(49-41-29-21-13-5)73-121-77-82-57-58-83-85-60-69-94-106-103(85)96(87-62-66-91(112(121)125)100(82)101(83)87)71-98(108(106)117(130)123(115(94)128)75-80(52-43-31-23-15-7)55-47-39-35-27-19-11-3)89-64-65-90(111-110(89)119-132-120-111)99-72-97-88-63-68-93-105-92(113(126)122(114(93)127)74-79(51-42-30-22-14-6)54-46-38-34-26-18-10-2)67-59-84(102(88)105)86-61-70-95-107(104(86)97)109(99)118(131)124(116(95)129)76-81(53-44-32-24-16-8)56-48-40-36-28-20-12-4/h57-72,78-81,112,125H,9-56,73-77H2,1-8H3. The molecule has 13 nitrogen and oxygen atoms in total. The van der Waals surface area contributed by atoms with E-state index in [1.165, 1.54) is 153 Å². The molecule has 4 aliphatic rings. The van der Waals surface area contributed by atoms with Gasteiger partial charge in [0.05, 0.1) is 22.9 Å². The number of hydrogen-bond donors (Lipinski definition) is 1. The van der Waals surface area contributed by atoms with Crippen LogP contribution in [0.1, 0.15) is 443 Å². The number of fused-ring (bicyclic) bond motifs is 5. The van der Waals surface area contributed by atoms with E-state index in [-0.39, 0.29) is 53.2 Å². The second-order valence-corrected chi connectivity index (χ2v) is 41.5. The van der Waals surface area contributed by atoms with Gasteiger partial charge in [0.15, 0.2) is 0 Å². The first-order valence-electron chi connectivity index (χ1n) is 53.5. The van der Waals surface area contributed by atoms with Crippen molar-refractivity contribution in [3.63, 3.8) is 0 Å². The zero-order valence-electron chi connectivity index (χ0n) is 81.6. The van der Waals surface area contributed by atoms with Gasteiger partial charge in [-0.2, -0.15) is 8.75 Å². The fourth-order valence-corrected chi connectivity index (χ4v) is 24.8. The number of aliphatic hydroxyl groups excluding tert-OH is 1. The zero-order chi connectivity index (χ0) is 91.9. The minimum absolute atomic E-state index is 0.0959. The number of benzene rings is 11. The molecule has 0 radical (unpaired) electrons. The average molecular weight is 1800 g/mol. The topological polar surface area (TPSA) is 161 Å². The summed E-state index contributed by atoms with van der Waals surface area (Å²) in [5.74, 6) is -0.877. The van der Waals surface area contributed by atoms with Gasteiger partial charge in [-0.3, -0.25) is 48.4 Å². The Bertz CT molecular complexity index is 6040. The first-order valence-corrected chi connectivity index (χ1v) is 54.2. The average Bonchev–Trinajstić information content (AvgIpc) is 0.768. The van der Waals surface area contributed by atoms with Crippen LogP contribution >= 0.6 is 11.7 Å². The molecule has 12 aromatic rings. The summed E-state index contributed by atoms with van der Waals surface area (Å²) in [6.07, 6.45) is 53.8. The van der Waals surface area contributed by atoms with Gasteiger partial charge in [0.2, 0.25) is 0 Å². The van der Waals surface area contributed by atoms with E-state index >= 15 is 28.8 Å². The molecule has 5 unspecified atom stereocenters. The van der Waals surface area contributed by atoms with Crippen LogP contribution in [0, 0.1) is 23.7 Å². The van der Waals surface area contributed by atoms with E-state index in [0.717, 1.165) is 254 Å². The largest absolute Gasteiger partial charge is 0.374 e. The molecule has 0 saturated heterocycles. The molecular weight excluding hydrogens is 1650 g/mol. The molecule has 0 spiro atoms. The van der Waals surface area contributed by atoms with E-state index in [4.69, 9.17) is 8.75 Å². The van der Waals surface area contributed by atoms with Gasteiger partial charge in [0, 0.05) is 87.8 Å². The molecule has 5 atom stereocenters. The van der Waals surface area contributed by atoms with Gasteiger partial charge in [-0.1, -0.05) is 373 Å². The first kappa shape index (κ1) is 96.3. The summed E-state index contributed by atoms with van der Waals surface area (Å²) in [5.41, 5.74) is 8.60. The molecule has 1 N–H and O–H groups in total. The van der Waals surface area contributed by atoms with Gasteiger partial charge in [0.25, 0.3) is 35.4 Å². The Hall–Kier alpha value is -8.82. The summed E-state index contributed by atoms with van der Waals surface area (Å²) in [5, 5.41) is 26.6. The third kappa shape index (κ3) is 20.0. The van der Waals surface area contributed by atoms with Crippen molar-refractivity contribution in [2.45, 2.75) is 376 Å². The molecule has 0 bridgehead atoms. The van der Waals surface area contributed by atoms with Crippen LogP contribution in [0.15, 0.2) is 97.1 Å². The van der Waals surface area contributed by atoms with Crippen LogP contribution in [0.5, 0.6) is 0 Å². The molecule has 6 amide bonds. The summed E-state index contributed by atoms with van der Waals surface area (Å²) >= 11 is 1.09. The highest BCUT2D eigenvalue weighted by Gasteiger charge is 2.44. The molecule has 14 heteroatoms. The SMILES string of the molecule is CCCCCCCCC(CCCCCC)CN1C(=O)c2ccc3c4ccc5c6c(c(-c7ccc(-c8cc9c%10ccc%11c%12c(ccc(c%13ccc%14c(c8C(=O)N(CC(CCCCCC)CCCCCCCC)C%14=O)c%139)c%12%10)CN(CC(CCCCCC)CCCCCCCC)C%11O)c8nsnc78)cc(c7ccc(c2c37)C1=O)c64)C(=O)N(CC(CCCCCC)CCCCCCCC)C5=O. The molecule has 1 aromatic heterocycles. The normalized spacial score (nSPS) is 15.8. The number of amides is 6. The number of hydrogen-bond acceptors (Lipinski definition) is 11. The van der Waals surface area contributed by atoms with Crippen LogP contribution in [0.2, 0.25) is 0 Å². The van der Waals surface area contributed by atoms with Crippen molar-refractivity contribution in [1.29, 1.82) is 0 Å². The maximum Gasteiger partial charge on any atom is 0.262 e. The number of unbranched alkanes of at least 4 members (excludes halogenated alkanes) is 32. The fourth-order valence-electron chi connectivity index (χ4n) is 24.2. The summed E-state index contributed by atoms with van der Waals surface area (Å²) in [6.45, 7) is 20.5. The Labute approximate surface area is 791 Å². The lowest BCUT2D eigenvalue weighted by Gasteiger charge is -2.37. The third-order valence-corrected chi connectivity index (χ3v) is 32.1. The van der Waals surface area contributed by atoms with Gasteiger partial charge >= 0.3 is 0 Å². The van der Waals surface area contributed by atoms with E-state index in [1.807, 2.05) is 36.4 Å². The number of aromatic nitrogens is 2. The number of aliphatic hydroxyl groups is 1. The Kier molecular flexibility index (Phi) is 33.3. The van der Waals surface area contributed by atoms with Crippen LogP contribution < -0.4 is 0 Å². The van der Waals surface area contributed by atoms with E-state index < -0.39 is 6.23 Å². The number of carbonyl (C=O) groups excluding carboxylic acids is 6. The van der Waals surface area contributed by atoms with Crippen molar-refractivity contribution >= 4 is 144 Å². The smallest absolute Gasteiger partial charge is 0.262 e. The number of carbonyl (C=O) groups is 6. The van der Waals surface area contributed by atoms with Crippen LogP contribution in [0.3, 0.4) is 0 Å². The van der Waals surface area contributed by atoms with Gasteiger partial charge in [0.1, 0.15) is 17.3 Å². The lowest BCUT2D eigenvalue weighted by atomic mass is 9.78. The first-order chi connectivity index (χ1) is 64.7. The second-order valence-electron chi connectivity index (χ2n) is 41.0. The highest BCUT2D eigenvalue weighted by molar-refractivity contribution is 7.00. The van der Waals surface area contributed by atoms with Crippen LogP contribution in [0.4, 0.5) is 0 Å². The van der Waals surface area contributed by atoms with E-state index in [9.17, 15) is 5.11 Å². The summed E-state index contributed by atoms with van der Waals surface area (Å²) in [6, 6.07) is 33.5. The Morgan fingerprint density at radius 2 is 0.530 bits per heavy atom. The summed E-state index contributed by atoms with van der Waals surface area (Å²) in [4.78, 5) is 104. The molecule has 0 fully saturated rings. The molecule has 702 valence electrons. The quantitative estimate of drug-likeness (QED) is 0.0168. The molecule has 11 aromatic carbocycles. The van der Waals surface area contributed by atoms with Crippen LogP contribution in [-0.4, -0.2) is 95.1 Å².